The Labute approximate surface area is 121 Å². The maximum absolute atomic E-state index is 10.9. The molecule has 0 bridgehead atoms. The molecule has 0 saturated heterocycles. The largest absolute Gasteiger partial charge is 0.363 e. The van der Waals surface area contributed by atoms with E-state index < -0.39 is 4.92 Å². The van der Waals surface area contributed by atoms with Gasteiger partial charge < -0.3 is 5.32 Å². The molecule has 2 aromatic rings. The highest BCUT2D eigenvalue weighted by Crippen LogP contribution is 2.24. The SMILES string of the molecule is Cc1cnc(NC(C)c2cccc(Cl)c2)cc1[N+](=O)[O-]. The molecule has 1 atom stereocenters. The number of nitrogens with zero attached hydrogens (tertiary/aromatic N) is 2. The molecule has 0 radical (unpaired) electrons. The minimum atomic E-state index is -0.410. The molecule has 6 heteroatoms. The van der Waals surface area contributed by atoms with E-state index in [1.54, 1.807) is 13.0 Å². The molecule has 0 aliphatic carbocycles. The van der Waals surface area contributed by atoms with Gasteiger partial charge in [-0.2, -0.15) is 0 Å². The normalized spacial score (nSPS) is 11.9. The van der Waals surface area contributed by atoms with E-state index in [0.717, 1.165) is 5.56 Å². The van der Waals surface area contributed by atoms with Crippen molar-refractivity contribution >= 4 is 23.1 Å². The number of nitrogens with one attached hydrogen (secondary N) is 1. The minimum Gasteiger partial charge on any atom is -0.363 e. The van der Waals surface area contributed by atoms with Crippen molar-refractivity contribution in [1.29, 1.82) is 0 Å². The third-order valence-corrected chi connectivity index (χ3v) is 3.22. The molecule has 0 amide bonds. The molecule has 1 unspecified atom stereocenters. The number of pyridine rings is 1. The average Bonchev–Trinajstić information content (AvgIpc) is 2.40. The highest BCUT2D eigenvalue weighted by molar-refractivity contribution is 6.30. The molecule has 104 valence electrons. The molecule has 0 aliphatic heterocycles. The summed E-state index contributed by atoms with van der Waals surface area (Å²) in [5.41, 5.74) is 1.58. The predicted octanol–water partition coefficient (Wildman–Crippen LogP) is 4.12. The molecule has 0 saturated carbocycles. The van der Waals surface area contributed by atoms with Crippen molar-refractivity contribution in [2.24, 2.45) is 0 Å². The van der Waals surface area contributed by atoms with Crippen LogP contribution >= 0.6 is 11.6 Å². The second-order valence-corrected chi connectivity index (χ2v) is 4.97. The van der Waals surface area contributed by atoms with Crippen LogP contribution < -0.4 is 5.32 Å². The summed E-state index contributed by atoms with van der Waals surface area (Å²) in [4.78, 5) is 14.7. The number of halogens is 1. The fourth-order valence-electron chi connectivity index (χ4n) is 1.87. The second kappa shape index (κ2) is 5.88. The Bertz CT molecular complexity index is 646. The first-order valence-corrected chi connectivity index (χ1v) is 6.48. The van der Waals surface area contributed by atoms with Crippen LogP contribution in [0.5, 0.6) is 0 Å². The number of nitro groups is 1. The molecule has 0 aliphatic rings. The van der Waals surface area contributed by atoms with Crippen LogP contribution in [0.3, 0.4) is 0 Å². The van der Waals surface area contributed by atoms with Gasteiger partial charge in [-0.05, 0) is 31.5 Å². The van der Waals surface area contributed by atoms with Gasteiger partial charge in [0.2, 0.25) is 0 Å². The van der Waals surface area contributed by atoms with Crippen LogP contribution in [0.2, 0.25) is 5.02 Å². The van der Waals surface area contributed by atoms with Crippen LogP contribution in [0.1, 0.15) is 24.1 Å². The third-order valence-electron chi connectivity index (χ3n) is 2.98. The van der Waals surface area contributed by atoms with Gasteiger partial charge >= 0.3 is 0 Å². The lowest BCUT2D eigenvalue weighted by atomic mass is 10.1. The summed E-state index contributed by atoms with van der Waals surface area (Å²) in [5, 5.41) is 14.7. The molecular weight excluding hydrogens is 278 g/mol. The van der Waals surface area contributed by atoms with E-state index >= 15 is 0 Å². The van der Waals surface area contributed by atoms with Gasteiger partial charge in [0.25, 0.3) is 5.69 Å². The fraction of sp³-hybridized carbons (Fsp3) is 0.214. The second-order valence-electron chi connectivity index (χ2n) is 4.53. The van der Waals surface area contributed by atoms with Gasteiger partial charge in [-0.15, -0.1) is 0 Å². The summed E-state index contributed by atoms with van der Waals surface area (Å²) in [6.45, 7) is 3.61. The fourth-order valence-corrected chi connectivity index (χ4v) is 2.07. The lowest BCUT2D eigenvalue weighted by Crippen LogP contribution is -2.08. The van der Waals surface area contributed by atoms with Gasteiger partial charge in [0.1, 0.15) is 5.82 Å². The maximum Gasteiger partial charge on any atom is 0.277 e. The molecule has 1 aromatic heterocycles. The Morgan fingerprint density at radius 2 is 2.15 bits per heavy atom. The first kappa shape index (κ1) is 14.3. The maximum atomic E-state index is 10.9. The first-order chi connectivity index (χ1) is 9.47. The van der Waals surface area contributed by atoms with E-state index in [2.05, 4.69) is 10.3 Å². The molecule has 2 rings (SSSR count). The van der Waals surface area contributed by atoms with Crippen LogP contribution in [0.25, 0.3) is 0 Å². The van der Waals surface area contributed by atoms with Gasteiger partial charge in [-0.3, -0.25) is 10.1 Å². The summed E-state index contributed by atoms with van der Waals surface area (Å²) >= 11 is 5.95. The quantitative estimate of drug-likeness (QED) is 0.679. The van der Waals surface area contributed by atoms with E-state index in [9.17, 15) is 10.1 Å². The lowest BCUT2D eigenvalue weighted by Gasteiger charge is -2.15. The van der Waals surface area contributed by atoms with Gasteiger partial charge in [0, 0.05) is 22.8 Å². The zero-order chi connectivity index (χ0) is 14.7. The highest BCUT2D eigenvalue weighted by Gasteiger charge is 2.14. The highest BCUT2D eigenvalue weighted by atomic mass is 35.5. The average molecular weight is 292 g/mol. The predicted molar refractivity (Wildman–Crippen MR) is 79.1 cm³/mol. The van der Waals surface area contributed by atoms with E-state index in [0.29, 0.717) is 16.4 Å². The standard InChI is InChI=1S/C14H14ClN3O2/c1-9-8-16-14(7-13(9)18(19)20)17-10(2)11-4-3-5-12(15)6-11/h3-8,10H,1-2H3,(H,16,17). The van der Waals surface area contributed by atoms with Crippen LogP contribution in [0, 0.1) is 17.0 Å². The molecule has 20 heavy (non-hydrogen) atoms. The van der Waals surface area contributed by atoms with Gasteiger partial charge in [-0.1, -0.05) is 23.7 Å². The minimum absolute atomic E-state index is 0.0523. The number of anilines is 1. The van der Waals surface area contributed by atoms with Gasteiger partial charge in [-0.25, -0.2) is 4.98 Å². The van der Waals surface area contributed by atoms with E-state index in [1.165, 1.54) is 12.3 Å². The lowest BCUT2D eigenvalue weighted by molar-refractivity contribution is -0.385. The van der Waals surface area contributed by atoms with Crippen LogP contribution in [0.15, 0.2) is 36.5 Å². The molecular formula is C14H14ClN3O2. The van der Waals surface area contributed by atoms with Crippen molar-refractivity contribution in [1.82, 2.24) is 4.98 Å². The zero-order valence-corrected chi connectivity index (χ0v) is 11.9. The summed E-state index contributed by atoms with van der Waals surface area (Å²) in [6.07, 6.45) is 1.49. The first-order valence-electron chi connectivity index (χ1n) is 6.10. The third kappa shape index (κ3) is 3.24. The monoisotopic (exact) mass is 291 g/mol. The Morgan fingerprint density at radius 3 is 2.80 bits per heavy atom. The summed E-state index contributed by atoms with van der Waals surface area (Å²) in [6, 6.07) is 8.83. The summed E-state index contributed by atoms with van der Waals surface area (Å²) < 4.78 is 0. The smallest absolute Gasteiger partial charge is 0.277 e. The zero-order valence-electron chi connectivity index (χ0n) is 11.1. The van der Waals surface area contributed by atoms with Gasteiger partial charge in [0.05, 0.1) is 11.0 Å². The van der Waals surface area contributed by atoms with Crippen LogP contribution in [-0.4, -0.2) is 9.91 Å². The number of hydrogen-bond donors (Lipinski definition) is 1. The number of hydrogen-bond acceptors (Lipinski definition) is 4. The topological polar surface area (TPSA) is 68.1 Å². The Kier molecular flexibility index (Phi) is 4.20. The van der Waals surface area contributed by atoms with E-state index in [4.69, 9.17) is 11.6 Å². The molecule has 0 fully saturated rings. The van der Waals surface area contributed by atoms with Crippen LogP contribution in [0.4, 0.5) is 11.5 Å². The molecule has 1 N–H and O–H groups in total. The summed E-state index contributed by atoms with van der Waals surface area (Å²) in [7, 11) is 0. The molecule has 5 nitrogen and oxygen atoms in total. The van der Waals surface area contributed by atoms with Crippen LogP contribution in [-0.2, 0) is 0 Å². The number of aryl methyl sites for hydroxylation is 1. The molecule has 1 heterocycles. The number of benzene rings is 1. The van der Waals surface area contributed by atoms with Crippen molar-refractivity contribution in [3.8, 4) is 0 Å². The van der Waals surface area contributed by atoms with Crippen molar-refractivity contribution < 1.29 is 4.92 Å². The Hall–Kier alpha value is -2.14. The molecule has 1 aromatic carbocycles. The summed E-state index contributed by atoms with van der Waals surface area (Å²) in [5.74, 6) is 0.467. The Balaban J connectivity index is 2.22. The van der Waals surface area contributed by atoms with Crippen molar-refractivity contribution in [2.75, 3.05) is 5.32 Å². The van der Waals surface area contributed by atoms with Crippen molar-refractivity contribution in [3.05, 3.63) is 62.8 Å². The Morgan fingerprint density at radius 1 is 1.40 bits per heavy atom. The van der Waals surface area contributed by atoms with Gasteiger partial charge in [0.15, 0.2) is 0 Å². The van der Waals surface area contributed by atoms with E-state index in [1.807, 2.05) is 25.1 Å². The van der Waals surface area contributed by atoms with Crippen molar-refractivity contribution in [3.63, 3.8) is 0 Å². The number of rotatable bonds is 4. The number of aromatic nitrogens is 1. The van der Waals surface area contributed by atoms with E-state index in [-0.39, 0.29) is 11.7 Å². The van der Waals surface area contributed by atoms with Crippen molar-refractivity contribution in [2.45, 2.75) is 19.9 Å². The molecule has 0 spiro atoms.